The molecule has 35 heavy (non-hydrogen) atoms. The summed E-state index contributed by atoms with van der Waals surface area (Å²) in [5.41, 5.74) is 2.39. The van der Waals surface area contributed by atoms with E-state index in [1.165, 1.54) is 25.0 Å². The Morgan fingerprint density at radius 3 is 2.54 bits per heavy atom. The minimum absolute atomic E-state index is 0.0427. The van der Waals surface area contributed by atoms with E-state index in [9.17, 15) is 18.0 Å². The SMILES string of the molecule is CCc1nn2c(c1-c1ccc(C)c(S(=O)(=O)Nc3ccc(OC)cc3OC)c1)NC(=O)CCC2=O. The number of methoxy groups -OCH3 is 2. The van der Waals surface area contributed by atoms with Gasteiger partial charge in [-0.05, 0) is 42.7 Å². The molecule has 2 N–H and O–H groups in total. The molecular weight excluding hydrogens is 472 g/mol. The highest BCUT2D eigenvalue weighted by Gasteiger charge is 2.28. The third kappa shape index (κ3) is 4.59. The topological polar surface area (TPSA) is 129 Å². The van der Waals surface area contributed by atoms with Crippen LogP contribution in [0.25, 0.3) is 11.1 Å². The Morgan fingerprint density at radius 1 is 1.09 bits per heavy atom. The molecule has 0 radical (unpaired) electrons. The van der Waals surface area contributed by atoms with Gasteiger partial charge in [-0.3, -0.25) is 14.3 Å². The average molecular weight is 499 g/mol. The lowest BCUT2D eigenvalue weighted by molar-refractivity contribution is -0.116. The van der Waals surface area contributed by atoms with Crippen LogP contribution in [0.2, 0.25) is 0 Å². The first-order chi connectivity index (χ1) is 16.7. The highest BCUT2D eigenvalue weighted by atomic mass is 32.2. The molecule has 0 unspecified atom stereocenters. The van der Waals surface area contributed by atoms with Gasteiger partial charge in [0.25, 0.3) is 10.0 Å². The molecule has 1 aromatic heterocycles. The number of nitrogens with zero attached hydrogens (tertiary/aromatic N) is 2. The lowest BCUT2D eigenvalue weighted by atomic mass is 10.0. The van der Waals surface area contributed by atoms with E-state index in [4.69, 9.17) is 9.47 Å². The maximum Gasteiger partial charge on any atom is 0.262 e. The molecule has 1 aliphatic heterocycles. The van der Waals surface area contributed by atoms with Gasteiger partial charge in [-0.2, -0.15) is 9.78 Å². The van der Waals surface area contributed by atoms with Gasteiger partial charge < -0.3 is 14.8 Å². The number of anilines is 2. The number of sulfonamides is 1. The molecule has 2 aromatic carbocycles. The van der Waals surface area contributed by atoms with Crippen LogP contribution in [0.4, 0.5) is 11.5 Å². The van der Waals surface area contributed by atoms with E-state index in [2.05, 4.69) is 15.1 Å². The van der Waals surface area contributed by atoms with E-state index >= 15 is 0 Å². The lowest BCUT2D eigenvalue weighted by Gasteiger charge is -2.15. The predicted octanol–water partition coefficient (Wildman–Crippen LogP) is 3.61. The van der Waals surface area contributed by atoms with Gasteiger partial charge in [-0.1, -0.05) is 19.1 Å². The maximum atomic E-state index is 13.4. The molecule has 0 aliphatic carbocycles. The first kappa shape index (κ1) is 24.3. The summed E-state index contributed by atoms with van der Waals surface area (Å²) in [5.74, 6) is 0.486. The van der Waals surface area contributed by atoms with E-state index < -0.39 is 10.0 Å². The second kappa shape index (κ2) is 9.41. The fraction of sp³-hybridized carbons (Fsp3) is 0.292. The Balaban J connectivity index is 1.81. The summed E-state index contributed by atoms with van der Waals surface area (Å²) in [5, 5.41) is 7.16. The van der Waals surface area contributed by atoms with Crippen LogP contribution in [-0.4, -0.2) is 44.2 Å². The predicted molar refractivity (Wildman–Crippen MR) is 131 cm³/mol. The number of aryl methyl sites for hydroxylation is 2. The van der Waals surface area contributed by atoms with Gasteiger partial charge in [0.2, 0.25) is 11.8 Å². The van der Waals surface area contributed by atoms with E-state index in [0.717, 1.165) is 0 Å². The summed E-state index contributed by atoms with van der Waals surface area (Å²) in [7, 11) is -1.09. The molecule has 1 aliphatic rings. The Morgan fingerprint density at radius 2 is 1.86 bits per heavy atom. The quantitative estimate of drug-likeness (QED) is 0.509. The summed E-state index contributed by atoms with van der Waals surface area (Å²) in [6.07, 6.45) is 0.588. The van der Waals surface area contributed by atoms with E-state index in [1.54, 1.807) is 37.3 Å². The Hall–Kier alpha value is -3.86. The molecule has 1 amide bonds. The zero-order chi connectivity index (χ0) is 25.3. The number of carbonyl (C=O) groups is 2. The Labute approximate surface area is 203 Å². The van der Waals surface area contributed by atoms with Crippen LogP contribution < -0.4 is 19.5 Å². The molecule has 0 spiro atoms. The van der Waals surface area contributed by atoms with Crippen molar-refractivity contribution in [3.8, 4) is 22.6 Å². The van der Waals surface area contributed by atoms with Gasteiger partial charge in [-0.25, -0.2) is 8.42 Å². The molecule has 11 heteroatoms. The number of hydrogen-bond acceptors (Lipinski definition) is 7. The van der Waals surface area contributed by atoms with E-state index in [1.807, 2.05) is 6.92 Å². The molecule has 0 saturated heterocycles. The molecular formula is C24H26N4O6S. The van der Waals surface area contributed by atoms with Gasteiger partial charge in [0.15, 0.2) is 0 Å². The third-order valence-electron chi connectivity index (χ3n) is 5.77. The van der Waals surface area contributed by atoms with Gasteiger partial charge in [0.05, 0.1) is 30.5 Å². The Kier molecular flexibility index (Phi) is 6.53. The smallest absolute Gasteiger partial charge is 0.262 e. The normalized spacial score (nSPS) is 13.6. The minimum atomic E-state index is -4.03. The van der Waals surface area contributed by atoms with Crippen molar-refractivity contribution < 1.29 is 27.5 Å². The van der Waals surface area contributed by atoms with E-state index in [0.29, 0.717) is 40.3 Å². The van der Waals surface area contributed by atoms with Crippen LogP contribution >= 0.6 is 0 Å². The number of ether oxygens (including phenoxy) is 2. The lowest BCUT2D eigenvalue weighted by Crippen LogP contribution is -2.15. The summed E-state index contributed by atoms with van der Waals surface area (Å²) < 4.78 is 41.1. The summed E-state index contributed by atoms with van der Waals surface area (Å²) in [4.78, 5) is 24.8. The van der Waals surface area contributed by atoms with Crippen molar-refractivity contribution in [2.24, 2.45) is 0 Å². The number of hydrogen-bond donors (Lipinski definition) is 2. The second-order valence-electron chi connectivity index (χ2n) is 8.03. The van der Waals surface area contributed by atoms with Gasteiger partial charge in [0.1, 0.15) is 17.3 Å². The number of nitrogens with one attached hydrogen (secondary N) is 2. The van der Waals surface area contributed by atoms with Crippen molar-refractivity contribution in [1.82, 2.24) is 9.78 Å². The van der Waals surface area contributed by atoms with E-state index in [-0.39, 0.29) is 41.1 Å². The molecule has 0 bridgehead atoms. The standard InChI is InChI=1S/C24H26N4O6S/c1-5-17-23(24-25-21(29)10-11-22(30)28(24)26-17)15-7-6-14(2)20(12-15)35(31,32)27-18-9-8-16(33-3)13-19(18)34-4/h6-9,12-13,27H,5,10-11H2,1-4H3,(H,25,29). The fourth-order valence-electron chi connectivity index (χ4n) is 3.96. The van der Waals surface area contributed by atoms with Crippen molar-refractivity contribution in [2.45, 2.75) is 38.0 Å². The van der Waals surface area contributed by atoms with Crippen molar-refractivity contribution in [3.05, 3.63) is 47.7 Å². The molecule has 10 nitrogen and oxygen atoms in total. The van der Waals surface area contributed by atoms with Crippen LogP contribution in [-0.2, 0) is 21.2 Å². The third-order valence-corrected chi connectivity index (χ3v) is 7.28. The summed E-state index contributed by atoms with van der Waals surface area (Å²) in [6.45, 7) is 3.56. The van der Waals surface area contributed by atoms with Crippen molar-refractivity contribution in [1.29, 1.82) is 0 Å². The number of rotatable bonds is 7. The fourth-order valence-corrected chi connectivity index (χ4v) is 5.30. The van der Waals surface area contributed by atoms with Crippen LogP contribution in [0.3, 0.4) is 0 Å². The van der Waals surface area contributed by atoms with Crippen LogP contribution in [0.5, 0.6) is 11.5 Å². The zero-order valence-corrected chi connectivity index (χ0v) is 20.7. The number of fused-ring (bicyclic) bond motifs is 1. The summed E-state index contributed by atoms with van der Waals surface area (Å²) in [6, 6.07) is 9.71. The minimum Gasteiger partial charge on any atom is -0.497 e. The number of amides is 1. The highest BCUT2D eigenvalue weighted by molar-refractivity contribution is 7.92. The number of carbonyl (C=O) groups excluding carboxylic acids is 2. The molecule has 2 heterocycles. The monoisotopic (exact) mass is 498 g/mol. The van der Waals surface area contributed by atoms with Crippen LogP contribution in [0.1, 0.15) is 35.8 Å². The molecule has 184 valence electrons. The van der Waals surface area contributed by atoms with Crippen molar-refractivity contribution in [2.75, 3.05) is 24.3 Å². The van der Waals surface area contributed by atoms with Crippen LogP contribution in [0.15, 0.2) is 41.3 Å². The zero-order valence-electron chi connectivity index (χ0n) is 19.8. The Bertz CT molecular complexity index is 1430. The average Bonchev–Trinajstić information content (AvgIpc) is 3.14. The second-order valence-corrected chi connectivity index (χ2v) is 9.68. The number of aromatic nitrogens is 2. The van der Waals surface area contributed by atoms with Gasteiger partial charge >= 0.3 is 0 Å². The molecule has 0 fully saturated rings. The van der Waals surface area contributed by atoms with Crippen molar-refractivity contribution >= 4 is 33.3 Å². The summed E-state index contributed by atoms with van der Waals surface area (Å²) >= 11 is 0. The van der Waals surface area contributed by atoms with Crippen molar-refractivity contribution in [3.63, 3.8) is 0 Å². The highest BCUT2D eigenvalue weighted by Crippen LogP contribution is 2.37. The first-order valence-electron chi connectivity index (χ1n) is 11.0. The first-order valence-corrected chi connectivity index (χ1v) is 12.5. The van der Waals surface area contributed by atoms with Crippen LogP contribution in [0, 0.1) is 6.92 Å². The largest absolute Gasteiger partial charge is 0.497 e. The van der Waals surface area contributed by atoms with Gasteiger partial charge in [0, 0.05) is 24.5 Å². The molecule has 3 aromatic rings. The molecule has 0 saturated carbocycles. The number of benzene rings is 2. The molecule has 0 atom stereocenters. The molecule has 4 rings (SSSR count). The maximum absolute atomic E-state index is 13.4. The van der Waals surface area contributed by atoms with Gasteiger partial charge in [-0.15, -0.1) is 0 Å².